The molecule has 1 aromatic rings. The second-order valence-electron chi connectivity index (χ2n) is 2.77. The molecule has 1 heterocycles. The molecule has 4 heteroatoms. The van der Waals surface area contributed by atoms with E-state index in [4.69, 9.17) is 21.1 Å². The summed E-state index contributed by atoms with van der Waals surface area (Å²) in [6, 6.07) is 3.56. The molecule has 13 heavy (non-hydrogen) atoms. The highest BCUT2D eigenvalue weighted by atomic mass is 35.5. The number of hydrogen-bond donors (Lipinski definition) is 1. The zero-order valence-corrected chi connectivity index (χ0v) is 7.83. The number of carbonyl (C=O) groups is 1. The van der Waals surface area contributed by atoms with Crippen molar-refractivity contribution in [2.24, 2.45) is 0 Å². The molecule has 1 atom stereocenters. The fourth-order valence-corrected chi connectivity index (χ4v) is 1.32. The van der Waals surface area contributed by atoms with Gasteiger partial charge < -0.3 is 9.52 Å². The van der Waals surface area contributed by atoms with Crippen molar-refractivity contribution in [3.05, 3.63) is 24.2 Å². The SMILES string of the molecule is O=C(O)CCCC(Cl)c1ccco1. The number of carboxylic acid groups (broad SMARTS) is 1. The van der Waals surface area contributed by atoms with Gasteiger partial charge >= 0.3 is 5.97 Å². The van der Waals surface area contributed by atoms with Gasteiger partial charge in [0.1, 0.15) is 5.76 Å². The maximum Gasteiger partial charge on any atom is 0.303 e. The van der Waals surface area contributed by atoms with Gasteiger partial charge in [-0.1, -0.05) is 0 Å². The van der Waals surface area contributed by atoms with Gasteiger partial charge in [-0.15, -0.1) is 11.6 Å². The van der Waals surface area contributed by atoms with E-state index in [0.29, 0.717) is 18.6 Å². The molecule has 1 unspecified atom stereocenters. The fourth-order valence-electron chi connectivity index (χ4n) is 1.04. The topological polar surface area (TPSA) is 50.4 Å². The molecule has 0 aliphatic rings. The van der Waals surface area contributed by atoms with E-state index in [1.165, 1.54) is 0 Å². The Morgan fingerprint density at radius 1 is 1.69 bits per heavy atom. The molecule has 0 fully saturated rings. The molecule has 72 valence electrons. The Morgan fingerprint density at radius 2 is 2.46 bits per heavy atom. The molecule has 0 radical (unpaired) electrons. The van der Waals surface area contributed by atoms with Gasteiger partial charge in [0.05, 0.1) is 11.6 Å². The van der Waals surface area contributed by atoms with Crippen LogP contribution < -0.4 is 0 Å². The molecule has 3 nitrogen and oxygen atoms in total. The number of rotatable bonds is 5. The van der Waals surface area contributed by atoms with E-state index in [2.05, 4.69) is 0 Å². The molecule has 0 saturated carbocycles. The van der Waals surface area contributed by atoms with Gasteiger partial charge in [-0.2, -0.15) is 0 Å². The van der Waals surface area contributed by atoms with Crippen LogP contribution in [0.25, 0.3) is 0 Å². The molecular weight excluding hydrogens is 192 g/mol. The van der Waals surface area contributed by atoms with Crippen LogP contribution in [0.1, 0.15) is 30.4 Å². The minimum Gasteiger partial charge on any atom is -0.481 e. The third-order valence-electron chi connectivity index (χ3n) is 1.70. The van der Waals surface area contributed by atoms with Crippen LogP contribution in [0.2, 0.25) is 0 Å². The van der Waals surface area contributed by atoms with E-state index in [0.717, 1.165) is 0 Å². The second kappa shape index (κ2) is 4.92. The first-order chi connectivity index (χ1) is 6.20. The molecule has 0 aliphatic carbocycles. The van der Waals surface area contributed by atoms with Crippen LogP contribution in [-0.4, -0.2) is 11.1 Å². The van der Waals surface area contributed by atoms with Gasteiger partial charge in [0, 0.05) is 6.42 Å². The van der Waals surface area contributed by atoms with Gasteiger partial charge in [-0.3, -0.25) is 4.79 Å². The van der Waals surface area contributed by atoms with E-state index in [9.17, 15) is 4.79 Å². The zero-order chi connectivity index (χ0) is 9.68. The lowest BCUT2D eigenvalue weighted by atomic mass is 10.1. The predicted molar refractivity (Wildman–Crippen MR) is 48.8 cm³/mol. The summed E-state index contributed by atoms with van der Waals surface area (Å²) in [4.78, 5) is 10.2. The van der Waals surface area contributed by atoms with Crippen LogP contribution in [0.5, 0.6) is 0 Å². The lowest BCUT2D eigenvalue weighted by Gasteiger charge is -2.03. The maximum atomic E-state index is 10.2. The van der Waals surface area contributed by atoms with Crippen LogP contribution >= 0.6 is 11.6 Å². The summed E-state index contributed by atoms with van der Waals surface area (Å²) in [5.41, 5.74) is 0. The highest BCUT2D eigenvalue weighted by Crippen LogP contribution is 2.26. The highest BCUT2D eigenvalue weighted by molar-refractivity contribution is 6.20. The molecule has 1 aromatic heterocycles. The van der Waals surface area contributed by atoms with Gasteiger partial charge in [-0.05, 0) is 25.0 Å². The second-order valence-corrected chi connectivity index (χ2v) is 3.30. The average molecular weight is 203 g/mol. The van der Waals surface area contributed by atoms with Crippen molar-refractivity contribution in [1.82, 2.24) is 0 Å². The number of halogens is 1. The van der Waals surface area contributed by atoms with E-state index in [1.807, 2.05) is 0 Å². The Labute approximate surface area is 81.3 Å². The summed E-state index contributed by atoms with van der Waals surface area (Å²) in [6.07, 6.45) is 2.91. The largest absolute Gasteiger partial charge is 0.481 e. The third kappa shape index (κ3) is 3.51. The van der Waals surface area contributed by atoms with Crippen molar-refractivity contribution in [3.63, 3.8) is 0 Å². The molecule has 0 bridgehead atoms. The zero-order valence-electron chi connectivity index (χ0n) is 7.07. The van der Waals surface area contributed by atoms with E-state index < -0.39 is 5.97 Å². The molecule has 0 saturated heterocycles. The molecular formula is C9H11ClO3. The summed E-state index contributed by atoms with van der Waals surface area (Å²) in [6.45, 7) is 0. The summed E-state index contributed by atoms with van der Waals surface area (Å²) in [5.74, 6) is -0.0876. The molecule has 0 spiro atoms. The van der Waals surface area contributed by atoms with Crippen molar-refractivity contribution in [2.75, 3.05) is 0 Å². The summed E-state index contributed by atoms with van der Waals surface area (Å²) < 4.78 is 5.07. The molecule has 1 rings (SSSR count). The Hall–Kier alpha value is -0.960. The first kappa shape index (κ1) is 10.1. The Morgan fingerprint density at radius 3 is 3.00 bits per heavy atom. The van der Waals surface area contributed by atoms with Crippen LogP contribution in [0.4, 0.5) is 0 Å². The van der Waals surface area contributed by atoms with Crippen LogP contribution in [0.15, 0.2) is 22.8 Å². The van der Waals surface area contributed by atoms with Gasteiger partial charge in [0.15, 0.2) is 0 Å². The highest BCUT2D eigenvalue weighted by Gasteiger charge is 2.10. The monoisotopic (exact) mass is 202 g/mol. The number of furan rings is 1. The van der Waals surface area contributed by atoms with Gasteiger partial charge in [-0.25, -0.2) is 0 Å². The first-order valence-corrected chi connectivity index (χ1v) is 4.53. The summed E-state index contributed by atoms with van der Waals surface area (Å²) in [7, 11) is 0. The van der Waals surface area contributed by atoms with Crippen molar-refractivity contribution in [3.8, 4) is 0 Å². The van der Waals surface area contributed by atoms with Crippen LogP contribution in [0, 0.1) is 0 Å². The van der Waals surface area contributed by atoms with Gasteiger partial charge in [0.25, 0.3) is 0 Å². The summed E-state index contributed by atoms with van der Waals surface area (Å²) >= 11 is 5.94. The third-order valence-corrected chi connectivity index (χ3v) is 2.13. The fraction of sp³-hybridized carbons (Fsp3) is 0.444. The van der Waals surface area contributed by atoms with Crippen molar-refractivity contribution in [2.45, 2.75) is 24.6 Å². The Kier molecular flexibility index (Phi) is 3.83. The van der Waals surface area contributed by atoms with E-state index in [1.54, 1.807) is 18.4 Å². The minimum absolute atomic E-state index is 0.157. The van der Waals surface area contributed by atoms with Gasteiger partial charge in [0.2, 0.25) is 0 Å². The maximum absolute atomic E-state index is 10.2. The normalized spacial score (nSPS) is 12.7. The van der Waals surface area contributed by atoms with Crippen LogP contribution in [-0.2, 0) is 4.79 Å². The molecule has 1 N–H and O–H groups in total. The predicted octanol–water partition coefficient (Wildman–Crippen LogP) is 2.81. The van der Waals surface area contributed by atoms with Crippen molar-refractivity contribution >= 4 is 17.6 Å². The van der Waals surface area contributed by atoms with E-state index >= 15 is 0 Å². The molecule has 0 aliphatic heterocycles. The van der Waals surface area contributed by atoms with E-state index in [-0.39, 0.29) is 11.8 Å². The van der Waals surface area contributed by atoms with Crippen molar-refractivity contribution in [1.29, 1.82) is 0 Å². The minimum atomic E-state index is -0.789. The van der Waals surface area contributed by atoms with Crippen LogP contribution in [0.3, 0.4) is 0 Å². The number of hydrogen-bond acceptors (Lipinski definition) is 2. The van der Waals surface area contributed by atoms with Crippen molar-refractivity contribution < 1.29 is 14.3 Å². The quantitative estimate of drug-likeness (QED) is 0.747. The first-order valence-electron chi connectivity index (χ1n) is 4.09. The summed E-state index contributed by atoms with van der Waals surface area (Å²) in [5, 5.41) is 8.18. The average Bonchev–Trinajstić information content (AvgIpc) is 2.55. The Bertz CT molecular complexity index is 256. The number of alkyl halides is 1. The molecule has 0 amide bonds. The smallest absolute Gasteiger partial charge is 0.303 e. The number of carboxylic acids is 1. The standard InChI is InChI=1S/C9H11ClO3/c10-7(3-1-5-9(11)12)8-4-2-6-13-8/h2,4,6-7H,1,3,5H2,(H,11,12). The Balaban J connectivity index is 2.26. The lowest BCUT2D eigenvalue weighted by Crippen LogP contribution is -1.96. The number of aliphatic carboxylic acids is 1. The molecule has 0 aromatic carbocycles. The lowest BCUT2D eigenvalue weighted by molar-refractivity contribution is -0.137.